The number of halogens is 1. The monoisotopic (exact) mass is 417 g/mol. The first-order chi connectivity index (χ1) is 14.3. The highest BCUT2D eigenvalue weighted by molar-refractivity contribution is 5.79. The molecule has 0 amide bonds. The molecule has 2 rings (SSSR count). The van der Waals surface area contributed by atoms with E-state index in [-0.39, 0.29) is 17.8 Å². The molecule has 0 bridgehead atoms. The number of aliphatic imine (C=N–C) groups is 1. The molecule has 6 nitrogen and oxygen atoms in total. The van der Waals surface area contributed by atoms with Crippen molar-refractivity contribution in [1.29, 1.82) is 0 Å². The summed E-state index contributed by atoms with van der Waals surface area (Å²) >= 11 is 0. The van der Waals surface area contributed by atoms with Crippen LogP contribution < -0.4 is 20.1 Å². The van der Waals surface area contributed by atoms with E-state index in [0.717, 1.165) is 5.56 Å². The van der Waals surface area contributed by atoms with Gasteiger partial charge in [0.15, 0.2) is 17.5 Å². The number of ether oxygens (including phenoxy) is 2. The van der Waals surface area contributed by atoms with E-state index in [1.165, 1.54) is 12.1 Å². The predicted molar refractivity (Wildman–Crippen MR) is 118 cm³/mol. The maximum Gasteiger partial charge on any atom is 0.191 e. The number of hydrogen-bond acceptors (Lipinski definition) is 4. The van der Waals surface area contributed by atoms with Gasteiger partial charge in [0, 0.05) is 18.5 Å². The molecule has 1 unspecified atom stereocenters. The van der Waals surface area contributed by atoms with Crippen molar-refractivity contribution < 1.29 is 19.0 Å². The van der Waals surface area contributed by atoms with Crippen LogP contribution in [0.25, 0.3) is 0 Å². The van der Waals surface area contributed by atoms with Gasteiger partial charge in [-0.1, -0.05) is 32.0 Å². The minimum atomic E-state index is -0.759. The summed E-state index contributed by atoms with van der Waals surface area (Å²) in [5, 5.41) is 16.9. The van der Waals surface area contributed by atoms with Crippen molar-refractivity contribution in [3.8, 4) is 11.5 Å². The van der Waals surface area contributed by atoms with E-state index in [0.29, 0.717) is 36.1 Å². The van der Waals surface area contributed by atoms with Crippen LogP contribution in [-0.4, -0.2) is 44.9 Å². The summed E-state index contributed by atoms with van der Waals surface area (Å²) in [6.07, 6.45) is -0.759. The van der Waals surface area contributed by atoms with Gasteiger partial charge in [0.25, 0.3) is 0 Å². The average molecular weight is 418 g/mol. The van der Waals surface area contributed by atoms with Gasteiger partial charge in [-0.15, -0.1) is 0 Å². The fourth-order valence-corrected chi connectivity index (χ4v) is 2.99. The molecular formula is C23H32FN3O3. The normalized spacial score (nSPS) is 13.0. The Balaban J connectivity index is 2.06. The molecule has 0 fully saturated rings. The molecule has 3 N–H and O–H groups in total. The second-order valence-electron chi connectivity index (χ2n) is 7.60. The number of nitrogens with one attached hydrogen (secondary N) is 2. The Morgan fingerprint density at radius 2 is 1.83 bits per heavy atom. The van der Waals surface area contributed by atoms with Gasteiger partial charge in [-0.25, -0.2) is 4.39 Å². The summed E-state index contributed by atoms with van der Waals surface area (Å²) in [6.45, 7) is 7.42. The summed E-state index contributed by atoms with van der Waals surface area (Å²) < 4.78 is 24.1. The minimum Gasteiger partial charge on any atom is -0.493 e. The summed E-state index contributed by atoms with van der Waals surface area (Å²) in [7, 11) is 3.13. The van der Waals surface area contributed by atoms with Crippen molar-refractivity contribution >= 4 is 5.96 Å². The Kier molecular flexibility index (Phi) is 8.47. The first kappa shape index (κ1) is 23.5. The largest absolute Gasteiger partial charge is 0.493 e. The van der Waals surface area contributed by atoms with Crippen molar-refractivity contribution in [2.24, 2.45) is 4.99 Å². The van der Waals surface area contributed by atoms with Crippen molar-refractivity contribution in [3.63, 3.8) is 0 Å². The van der Waals surface area contributed by atoms with E-state index in [4.69, 9.17) is 9.47 Å². The second-order valence-corrected chi connectivity index (χ2v) is 7.60. The molecule has 0 aliphatic heterocycles. The number of methoxy groups -OCH3 is 2. The molecule has 0 aliphatic carbocycles. The Bertz CT molecular complexity index is 855. The van der Waals surface area contributed by atoms with Crippen molar-refractivity contribution in [2.45, 2.75) is 32.3 Å². The van der Waals surface area contributed by atoms with E-state index < -0.39 is 6.10 Å². The third kappa shape index (κ3) is 6.35. The molecule has 164 valence electrons. The quantitative estimate of drug-likeness (QED) is 0.431. The number of hydrogen-bond donors (Lipinski definition) is 3. The fourth-order valence-electron chi connectivity index (χ4n) is 2.99. The van der Waals surface area contributed by atoms with E-state index in [2.05, 4.69) is 15.6 Å². The summed E-state index contributed by atoms with van der Waals surface area (Å²) in [4.78, 5) is 4.63. The van der Waals surface area contributed by atoms with Crippen LogP contribution in [0.1, 0.15) is 38.0 Å². The van der Waals surface area contributed by atoms with Gasteiger partial charge in [0.1, 0.15) is 5.82 Å². The predicted octanol–water partition coefficient (Wildman–Crippen LogP) is 3.41. The standard InChI is InChI=1S/C23H32FN3O3/c1-6-25-22(27-15-23(2,3)17-8-7-9-18(24)13-17)26-14-19(28)16-10-11-20(29-4)21(12-16)30-5/h7-13,19,28H,6,14-15H2,1-5H3,(H2,25,26,27). The van der Waals surface area contributed by atoms with Gasteiger partial charge in [-0.2, -0.15) is 0 Å². The SMILES string of the molecule is CCNC(=NCC(C)(C)c1cccc(F)c1)NCC(O)c1ccc(OC)c(OC)c1. The summed E-state index contributed by atoms with van der Waals surface area (Å²) in [6, 6.07) is 11.9. The van der Waals surface area contributed by atoms with Gasteiger partial charge < -0.3 is 25.2 Å². The van der Waals surface area contributed by atoms with Gasteiger partial charge in [-0.3, -0.25) is 4.99 Å². The van der Waals surface area contributed by atoms with Crippen molar-refractivity contribution in [2.75, 3.05) is 33.9 Å². The molecule has 7 heteroatoms. The first-order valence-electron chi connectivity index (χ1n) is 9.99. The number of guanidine groups is 1. The van der Waals surface area contributed by atoms with Crippen LogP contribution in [0.5, 0.6) is 11.5 Å². The number of aliphatic hydroxyl groups is 1. The molecule has 0 spiro atoms. The van der Waals surface area contributed by atoms with Crippen LogP contribution in [-0.2, 0) is 5.41 Å². The van der Waals surface area contributed by atoms with Gasteiger partial charge in [0.2, 0.25) is 0 Å². The molecule has 2 aromatic rings. The summed E-state index contributed by atoms with van der Waals surface area (Å²) in [5.41, 5.74) is 1.25. The van der Waals surface area contributed by atoms with Crippen LogP contribution >= 0.6 is 0 Å². The Morgan fingerprint density at radius 3 is 2.47 bits per heavy atom. The van der Waals surface area contributed by atoms with Crippen molar-refractivity contribution in [1.82, 2.24) is 10.6 Å². The smallest absolute Gasteiger partial charge is 0.191 e. The summed E-state index contributed by atoms with van der Waals surface area (Å²) in [5.74, 6) is 1.50. The number of nitrogens with zero attached hydrogens (tertiary/aromatic N) is 1. The van der Waals surface area contributed by atoms with E-state index >= 15 is 0 Å². The zero-order valence-corrected chi connectivity index (χ0v) is 18.3. The highest BCUT2D eigenvalue weighted by Crippen LogP contribution is 2.29. The topological polar surface area (TPSA) is 75.1 Å². The highest BCUT2D eigenvalue weighted by Gasteiger charge is 2.21. The van der Waals surface area contributed by atoms with Crippen LogP contribution in [0, 0.1) is 5.82 Å². The lowest BCUT2D eigenvalue weighted by Gasteiger charge is -2.24. The molecule has 30 heavy (non-hydrogen) atoms. The van der Waals surface area contributed by atoms with Gasteiger partial charge >= 0.3 is 0 Å². The van der Waals surface area contributed by atoms with E-state index in [9.17, 15) is 9.50 Å². The zero-order valence-electron chi connectivity index (χ0n) is 18.3. The number of benzene rings is 2. The molecule has 0 saturated carbocycles. The molecule has 0 saturated heterocycles. The maximum atomic E-state index is 13.6. The fraction of sp³-hybridized carbons (Fsp3) is 0.435. The third-order valence-electron chi connectivity index (χ3n) is 4.84. The lowest BCUT2D eigenvalue weighted by molar-refractivity contribution is 0.180. The Morgan fingerprint density at radius 1 is 1.10 bits per heavy atom. The highest BCUT2D eigenvalue weighted by atomic mass is 19.1. The molecular weight excluding hydrogens is 385 g/mol. The third-order valence-corrected chi connectivity index (χ3v) is 4.84. The molecule has 0 radical (unpaired) electrons. The van der Waals surface area contributed by atoms with Crippen LogP contribution in [0.4, 0.5) is 4.39 Å². The van der Waals surface area contributed by atoms with Gasteiger partial charge in [-0.05, 0) is 42.3 Å². The minimum absolute atomic E-state index is 0.257. The molecule has 0 heterocycles. The molecule has 0 aliphatic rings. The Hall–Kier alpha value is -2.80. The van der Waals surface area contributed by atoms with Crippen LogP contribution in [0.2, 0.25) is 0 Å². The lowest BCUT2D eigenvalue weighted by atomic mass is 9.85. The zero-order chi connectivity index (χ0) is 22.1. The Labute approximate surface area is 178 Å². The number of aliphatic hydroxyl groups excluding tert-OH is 1. The van der Waals surface area contributed by atoms with E-state index in [1.54, 1.807) is 38.5 Å². The van der Waals surface area contributed by atoms with Crippen molar-refractivity contribution in [3.05, 3.63) is 59.4 Å². The molecule has 0 aromatic heterocycles. The van der Waals surface area contributed by atoms with Crippen LogP contribution in [0.15, 0.2) is 47.5 Å². The average Bonchev–Trinajstić information content (AvgIpc) is 2.74. The second kappa shape index (κ2) is 10.8. The first-order valence-corrected chi connectivity index (χ1v) is 9.99. The van der Waals surface area contributed by atoms with Gasteiger partial charge in [0.05, 0.1) is 26.9 Å². The van der Waals surface area contributed by atoms with Crippen LogP contribution in [0.3, 0.4) is 0 Å². The lowest BCUT2D eigenvalue weighted by Crippen LogP contribution is -2.40. The maximum absolute atomic E-state index is 13.6. The van der Waals surface area contributed by atoms with E-state index in [1.807, 2.05) is 26.8 Å². The number of rotatable bonds is 9. The molecule has 2 aromatic carbocycles. The molecule has 1 atom stereocenters.